The summed E-state index contributed by atoms with van der Waals surface area (Å²) in [6.45, 7) is 0.719. The van der Waals surface area contributed by atoms with Crippen LogP contribution in [0.4, 0.5) is 5.69 Å². The van der Waals surface area contributed by atoms with Gasteiger partial charge in [0.1, 0.15) is 0 Å². The lowest BCUT2D eigenvalue weighted by atomic mass is 9.79. The Bertz CT molecular complexity index is 1280. The first-order valence-electron chi connectivity index (χ1n) is 13.4. The Kier molecular flexibility index (Phi) is 6.64. The topological polar surface area (TPSA) is 61.4 Å². The molecule has 5 nitrogen and oxygen atoms in total. The largest absolute Gasteiger partial charge is 0.378 e. The number of hydrogen-bond donors (Lipinski definition) is 2. The van der Waals surface area contributed by atoms with Crippen LogP contribution in [0.2, 0.25) is 5.02 Å². The van der Waals surface area contributed by atoms with Crippen LogP contribution < -0.4 is 10.6 Å². The fourth-order valence-electron chi connectivity index (χ4n) is 6.64. The Labute approximate surface area is 223 Å². The molecule has 2 heterocycles. The zero-order valence-corrected chi connectivity index (χ0v) is 21.5. The van der Waals surface area contributed by atoms with Crippen LogP contribution in [0.1, 0.15) is 65.7 Å². The van der Waals surface area contributed by atoms with Crippen molar-refractivity contribution in [3.63, 3.8) is 0 Å². The van der Waals surface area contributed by atoms with Crippen LogP contribution in [0.15, 0.2) is 78.9 Å². The molecule has 190 valence electrons. The molecule has 1 unspecified atom stereocenters. The molecule has 3 aliphatic rings. The summed E-state index contributed by atoms with van der Waals surface area (Å²) >= 11 is 6.39. The molecule has 2 fully saturated rings. The van der Waals surface area contributed by atoms with Gasteiger partial charge in [0.2, 0.25) is 5.91 Å². The van der Waals surface area contributed by atoms with Gasteiger partial charge < -0.3 is 15.5 Å². The highest BCUT2D eigenvalue weighted by atomic mass is 35.5. The van der Waals surface area contributed by atoms with E-state index in [9.17, 15) is 9.59 Å². The van der Waals surface area contributed by atoms with Gasteiger partial charge in [-0.3, -0.25) is 9.59 Å². The summed E-state index contributed by atoms with van der Waals surface area (Å²) in [5.41, 5.74) is 3.99. The van der Waals surface area contributed by atoms with E-state index in [0.29, 0.717) is 10.6 Å². The van der Waals surface area contributed by atoms with E-state index in [2.05, 4.69) is 45.9 Å². The molecule has 1 saturated carbocycles. The maximum atomic E-state index is 14.2. The van der Waals surface area contributed by atoms with Crippen LogP contribution in [-0.4, -0.2) is 29.3 Å². The third-order valence-electron chi connectivity index (χ3n) is 8.40. The highest BCUT2D eigenvalue weighted by Crippen LogP contribution is 2.52. The lowest BCUT2D eigenvalue weighted by molar-refractivity contribution is -0.138. The smallest absolute Gasteiger partial charge is 0.251 e. The number of benzene rings is 3. The molecule has 0 bridgehead atoms. The van der Waals surface area contributed by atoms with Crippen LogP contribution in [0.3, 0.4) is 0 Å². The number of amides is 2. The molecule has 6 heteroatoms. The fraction of sp³-hybridized carbons (Fsp3) is 0.355. The molecule has 1 aliphatic carbocycles. The third kappa shape index (κ3) is 4.61. The SMILES string of the molecule is O=C(N[C@@H]1CCCCC1C(=O)N1CC[C@H]2[C@@H](c3ccccc3)Nc3cc(Cl)ccc3[C@H]21)c1ccccc1. The molecule has 6 rings (SSSR count). The van der Waals surface area contributed by atoms with Gasteiger partial charge in [-0.2, -0.15) is 0 Å². The highest BCUT2D eigenvalue weighted by Gasteiger charge is 2.48. The normalized spacial score (nSPS) is 26.5. The maximum absolute atomic E-state index is 14.2. The van der Waals surface area contributed by atoms with Crippen molar-refractivity contribution in [1.29, 1.82) is 0 Å². The first-order valence-corrected chi connectivity index (χ1v) is 13.8. The van der Waals surface area contributed by atoms with E-state index in [0.717, 1.165) is 49.9 Å². The average molecular weight is 514 g/mol. The van der Waals surface area contributed by atoms with Crippen LogP contribution in [-0.2, 0) is 4.79 Å². The van der Waals surface area contributed by atoms with E-state index >= 15 is 0 Å². The minimum absolute atomic E-state index is 0.0152. The predicted molar refractivity (Wildman–Crippen MR) is 146 cm³/mol. The summed E-state index contributed by atoms with van der Waals surface area (Å²) in [5, 5.41) is 7.63. The second-order valence-electron chi connectivity index (χ2n) is 10.5. The van der Waals surface area contributed by atoms with E-state index < -0.39 is 0 Å². The zero-order valence-electron chi connectivity index (χ0n) is 20.8. The van der Waals surface area contributed by atoms with Gasteiger partial charge in [-0.15, -0.1) is 0 Å². The number of carbonyl (C=O) groups excluding carboxylic acids is 2. The molecule has 2 aliphatic heterocycles. The second kappa shape index (κ2) is 10.2. The summed E-state index contributed by atoms with van der Waals surface area (Å²) in [6.07, 6.45) is 4.60. The van der Waals surface area contributed by atoms with E-state index in [1.54, 1.807) is 0 Å². The molecule has 0 spiro atoms. The minimum Gasteiger partial charge on any atom is -0.378 e. The number of fused-ring (bicyclic) bond motifs is 3. The second-order valence-corrected chi connectivity index (χ2v) is 11.0. The van der Waals surface area contributed by atoms with Crippen molar-refractivity contribution in [3.8, 4) is 0 Å². The Morgan fingerprint density at radius 1 is 0.892 bits per heavy atom. The predicted octanol–water partition coefficient (Wildman–Crippen LogP) is 6.39. The average Bonchev–Trinajstić information content (AvgIpc) is 3.39. The Balaban J connectivity index is 1.29. The zero-order chi connectivity index (χ0) is 25.4. The fourth-order valence-corrected chi connectivity index (χ4v) is 6.81. The number of hydrogen-bond acceptors (Lipinski definition) is 3. The lowest BCUT2D eigenvalue weighted by Crippen LogP contribution is -2.50. The Hall–Kier alpha value is -3.31. The van der Waals surface area contributed by atoms with Crippen LogP contribution in [0, 0.1) is 11.8 Å². The number of anilines is 1. The third-order valence-corrected chi connectivity index (χ3v) is 8.63. The number of carbonyl (C=O) groups is 2. The molecule has 3 aromatic rings. The van der Waals surface area contributed by atoms with Gasteiger partial charge >= 0.3 is 0 Å². The Morgan fingerprint density at radius 2 is 1.62 bits per heavy atom. The van der Waals surface area contributed by atoms with E-state index in [4.69, 9.17) is 11.6 Å². The van der Waals surface area contributed by atoms with Crippen molar-refractivity contribution in [3.05, 3.63) is 101 Å². The summed E-state index contributed by atoms with van der Waals surface area (Å²) < 4.78 is 0. The molecule has 3 aromatic carbocycles. The maximum Gasteiger partial charge on any atom is 0.251 e. The summed E-state index contributed by atoms with van der Waals surface area (Å²) in [6, 6.07) is 25.7. The monoisotopic (exact) mass is 513 g/mol. The molecule has 0 radical (unpaired) electrons. The first kappa shape index (κ1) is 24.1. The number of rotatable bonds is 4. The number of halogens is 1. The van der Waals surface area contributed by atoms with Gasteiger partial charge in [0.05, 0.1) is 18.0 Å². The van der Waals surface area contributed by atoms with Crippen molar-refractivity contribution in [2.45, 2.75) is 50.2 Å². The van der Waals surface area contributed by atoms with Gasteiger partial charge in [-0.1, -0.05) is 79.0 Å². The van der Waals surface area contributed by atoms with Gasteiger partial charge in [0.25, 0.3) is 5.91 Å². The number of nitrogens with zero attached hydrogens (tertiary/aromatic N) is 1. The van der Waals surface area contributed by atoms with Gasteiger partial charge in [-0.05, 0) is 54.7 Å². The van der Waals surface area contributed by atoms with Crippen LogP contribution in [0.25, 0.3) is 0 Å². The summed E-state index contributed by atoms with van der Waals surface area (Å²) in [7, 11) is 0. The molecular formula is C31H32ClN3O2. The van der Waals surface area contributed by atoms with Crippen molar-refractivity contribution >= 4 is 29.1 Å². The Morgan fingerprint density at radius 3 is 2.41 bits per heavy atom. The minimum atomic E-state index is -0.207. The summed E-state index contributed by atoms with van der Waals surface area (Å²) in [5.74, 6) is 0.123. The molecule has 1 saturated heterocycles. The van der Waals surface area contributed by atoms with Crippen LogP contribution in [0.5, 0.6) is 0 Å². The molecule has 37 heavy (non-hydrogen) atoms. The molecule has 2 N–H and O–H groups in total. The molecular weight excluding hydrogens is 482 g/mol. The van der Waals surface area contributed by atoms with Crippen LogP contribution >= 0.6 is 11.6 Å². The van der Waals surface area contributed by atoms with Gasteiger partial charge in [0.15, 0.2) is 0 Å². The molecule has 5 atom stereocenters. The van der Waals surface area contributed by atoms with Crippen molar-refractivity contribution in [2.24, 2.45) is 11.8 Å². The molecule has 2 amide bonds. The van der Waals surface area contributed by atoms with E-state index in [-0.39, 0.29) is 41.8 Å². The highest BCUT2D eigenvalue weighted by molar-refractivity contribution is 6.30. The lowest BCUT2D eigenvalue weighted by Gasteiger charge is -2.42. The van der Waals surface area contributed by atoms with Gasteiger partial charge in [0, 0.05) is 34.8 Å². The molecule has 0 aromatic heterocycles. The first-order chi connectivity index (χ1) is 18.1. The number of likely N-dealkylation sites (tertiary alicyclic amines) is 1. The van der Waals surface area contributed by atoms with Crippen molar-refractivity contribution < 1.29 is 9.59 Å². The van der Waals surface area contributed by atoms with Crippen molar-refractivity contribution in [1.82, 2.24) is 10.2 Å². The summed E-state index contributed by atoms with van der Waals surface area (Å²) in [4.78, 5) is 29.3. The van der Waals surface area contributed by atoms with Gasteiger partial charge in [-0.25, -0.2) is 0 Å². The number of nitrogens with one attached hydrogen (secondary N) is 2. The quantitative estimate of drug-likeness (QED) is 0.425. The van der Waals surface area contributed by atoms with Crippen molar-refractivity contribution in [2.75, 3.05) is 11.9 Å². The standard InChI is InChI=1S/C31H32ClN3O2/c32-22-15-16-23-27(19-22)33-28(20-9-3-1-4-10-20)25-17-18-35(29(23)25)31(37)24-13-7-8-14-26(24)34-30(36)21-11-5-2-6-12-21/h1-6,9-12,15-16,19,24-26,28-29,33H,7-8,13-14,17-18H2,(H,34,36)/t24?,25-,26+,28+,29+/m0/s1. The van der Waals surface area contributed by atoms with E-state index in [1.807, 2.05) is 48.5 Å². The van der Waals surface area contributed by atoms with E-state index in [1.165, 1.54) is 5.56 Å².